The van der Waals surface area contributed by atoms with Gasteiger partial charge in [0, 0.05) is 23.4 Å². The monoisotopic (exact) mass is 550 g/mol. The van der Waals surface area contributed by atoms with Crippen LogP contribution in [0.15, 0.2) is 73.3 Å². The van der Waals surface area contributed by atoms with Crippen LogP contribution in [0.5, 0.6) is 0 Å². The third-order valence-electron chi connectivity index (χ3n) is 7.39. The predicted molar refractivity (Wildman–Crippen MR) is 154 cm³/mol. The average Bonchev–Trinajstić information content (AvgIpc) is 2.87. The van der Waals surface area contributed by atoms with Crippen molar-refractivity contribution in [3.05, 3.63) is 95.3 Å². The Morgan fingerprint density at radius 3 is 2.56 bits per heavy atom. The normalized spacial score (nSPS) is 20.4. The summed E-state index contributed by atoms with van der Waals surface area (Å²) in [6.07, 6.45) is 2.47. The van der Waals surface area contributed by atoms with E-state index in [0.29, 0.717) is 24.4 Å². The molecule has 7 heteroatoms. The van der Waals surface area contributed by atoms with Gasteiger partial charge < -0.3 is 15.0 Å². The van der Waals surface area contributed by atoms with Crippen molar-refractivity contribution in [2.75, 3.05) is 6.54 Å². The number of likely N-dealkylation sites (tertiary alicyclic amines) is 1. The Hall–Kier alpha value is -3.38. The molecule has 1 saturated heterocycles. The standard InChI is InChI=1S/C32H36ClFN2O3/c1-6-26-19-32(23-11-13-25(34)14-12-23,15-16-36(26)30(38)39-31(3,4)5)20-29(37)35-21(2)28-18-24(33)17-22-9-7-8-10-27(22)28/h6-14,17-18,21,26H,1,15-16,19-20H2,2-5H3,(H,35,37). The van der Waals surface area contributed by atoms with Gasteiger partial charge in [-0.25, -0.2) is 9.18 Å². The van der Waals surface area contributed by atoms with Crippen molar-refractivity contribution in [2.24, 2.45) is 0 Å². The van der Waals surface area contributed by atoms with Crippen LogP contribution in [0.1, 0.15) is 64.1 Å². The number of ether oxygens (including phenoxy) is 1. The van der Waals surface area contributed by atoms with Crippen molar-refractivity contribution >= 4 is 34.4 Å². The highest BCUT2D eigenvalue weighted by atomic mass is 35.5. The Morgan fingerprint density at radius 2 is 1.90 bits per heavy atom. The number of hydrogen-bond acceptors (Lipinski definition) is 3. The van der Waals surface area contributed by atoms with Gasteiger partial charge in [-0.1, -0.05) is 54.1 Å². The van der Waals surface area contributed by atoms with E-state index in [4.69, 9.17) is 16.3 Å². The summed E-state index contributed by atoms with van der Waals surface area (Å²) in [4.78, 5) is 28.2. The lowest BCUT2D eigenvalue weighted by molar-refractivity contribution is -0.123. The average molecular weight is 551 g/mol. The lowest BCUT2D eigenvalue weighted by Gasteiger charge is -2.46. The van der Waals surface area contributed by atoms with Gasteiger partial charge in [0.15, 0.2) is 0 Å². The second-order valence-electron chi connectivity index (χ2n) is 11.4. The van der Waals surface area contributed by atoms with Gasteiger partial charge in [-0.3, -0.25) is 4.79 Å². The Balaban J connectivity index is 1.60. The van der Waals surface area contributed by atoms with Crippen LogP contribution < -0.4 is 5.32 Å². The topological polar surface area (TPSA) is 58.6 Å². The first-order chi connectivity index (χ1) is 18.4. The van der Waals surface area contributed by atoms with Crippen LogP contribution in [0.25, 0.3) is 10.8 Å². The van der Waals surface area contributed by atoms with E-state index in [0.717, 1.165) is 21.9 Å². The van der Waals surface area contributed by atoms with E-state index in [1.807, 2.05) is 64.1 Å². The molecule has 0 aliphatic carbocycles. The highest BCUT2D eigenvalue weighted by Gasteiger charge is 2.44. The number of halogens is 2. The lowest BCUT2D eigenvalue weighted by Crippen LogP contribution is -2.53. The zero-order chi connectivity index (χ0) is 28.4. The molecule has 39 heavy (non-hydrogen) atoms. The van der Waals surface area contributed by atoms with Crippen molar-refractivity contribution in [3.8, 4) is 0 Å². The van der Waals surface area contributed by atoms with Crippen LogP contribution >= 0.6 is 11.6 Å². The number of nitrogens with one attached hydrogen (secondary N) is 1. The molecule has 3 aromatic carbocycles. The number of nitrogens with zero attached hydrogens (tertiary/aromatic N) is 1. The molecular formula is C32H36ClFN2O3. The van der Waals surface area contributed by atoms with Gasteiger partial charge in [-0.2, -0.15) is 0 Å². The molecule has 1 N–H and O–H groups in total. The molecule has 206 valence electrons. The third-order valence-corrected chi connectivity index (χ3v) is 7.61. The number of piperidine rings is 1. The zero-order valence-corrected chi connectivity index (χ0v) is 23.7. The maximum Gasteiger partial charge on any atom is 0.410 e. The number of hydrogen-bond donors (Lipinski definition) is 1. The zero-order valence-electron chi connectivity index (χ0n) is 23.0. The largest absolute Gasteiger partial charge is 0.444 e. The number of rotatable bonds is 6. The molecule has 1 fully saturated rings. The summed E-state index contributed by atoms with van der Waals surface area (Å²) in [5.41, 5.74) is 0.543. The van der Waals surface area contributed by atoms with Crippen molar-refractivity contribution in [1.82, 2.24) is 10.2 Å². The number of amides is 2. The molecule has 0 aromatic heterocycles. The molecule has 1 aliphatic heterocycles. The molecule has 5 nitrogen and oxygen atoms in total. The maximum absolute atomic E-state index is 13.9. The Morgan fingerprint density at radius 1 is 1.21 bits per heavy atom. The van der Waals surface area contributed by atoms with Gasteiger partial charge in [0.2, 0.25) is 5.91 Å². The van der Waals surface area contributed by atoms with Gasteiger partial charge in [0.05, 0.1) is 12.1 Å². The highest BCUT2D eigenvalue weighted by molar-refractivity contribution is 6.31. The summed E-state index contributed by atoms with van der Waals surface area (Å²) in [5, 5.41) is 5.81. The first kappa shape index (κ1) is 28.6. The molecule has 0 bridgehead atoms. The Bertz CT molecular complexity index is 1370. The van der Waals surface area contributed by atoms with Crippen LogP contribution in [0.4, 0.5) is 9.18 Å². The van der Waals surface area contributed by atoms with E-state index in [1.165, 1.54) is 12.1 Å². The number of carbonyl (C=O) groups is 2. The minimum Gasteiger partial charge on any atom is -0.444 e. The van der Waals surface area contributed by atoms with Crippen LogP contribution in [0, 0.1) is 5.82 Å². The first-order valence-electron chi connectivity index (χ1n) is 13.3. The third kappa shape index (κ3) is 6.62. The minimum atomic E-state index is -0.630. The molecule has 0 saturated carbocycles. The smallest absolute Gasteiger partial charge is 0.410 e. The second kappa shape index (κ2) is 11.4. The van der Waals surface area contributed by atoms with Crippen LogP contribution in [-0.2, 0) is 14.9 Å². The van der Waals surface area contributed by atoms with Gasteiger partial charge >= 0.3 is 6.09 Å². The lowest BCUT2D eigenvalue weighted by atomic mass is 9.68. The molecule has 1 aliphatic rings. The maximum atomic E-state index is 13.9. The summed E-state index contributed by atoms with van der Waals surface area (Å²) < 4.78 is 19.5. The summed E-state index contributed by atoms with van der Waals surface area (Å²) >= 11 is 6.39. The molecule has 1 heterocycles. The minimum absolute atomic E-state index is 0.135. The quantitative estimate of drug-likeness (QED) is 0.320. The van der Waals surface area contributed by atoms with Crippen LogP contribution in [0.3, 0.4) is 0 Å². The van der Waals surface area contributed by atoms with Crippen LogP contribution in [-0.4, -0.2) is 35.1 Å². The van der Waals surface area contributed by atoms with Gasteiger partial charge in [-0.15, -0.1) is 6.58 Å². The van der Waals surface area contributed by atoms with Crippen LogP contribution in [0.2, 0.25) is 5.02 Å². The molecular weight excluding hydrogens is 515 g/mol. The fourth-order valence-electron chi connectivity index (χ4n) is 5.54. The van der Waals surface area contributed by atoms with Crippen molar-refractivity contribution in [3.63, 3.8) is 0 Å². The molecule has 2 amide bonds. The highest BCUT2D eigenvalue weighted by Crippen LogP contribution is 2.42. The second-order valence-corrected chi connectivity index (χ2v) is 11.8. The number of fused-ring (bicyclic) bond motifs is 1. The Labute approximate surface area is 235 Å². The summed E-state index contributed by atoms with van der Waals surface area (Å²) in [5.74, 6) is -0.476. The fourth-order valence-corrected chi connectivity index (χ4v) is 5.77. The van der Waals surface area contributed by atoms with E-state index in [9.17, 15) is 14.0 Å². The van der Waals surface area contributed by atoms with Crippen molar-refractivity contribution in [2.45, 2.75) is 70.1 Å². The molecule has 3 aromatic rings. The number of benzene rings is 3. The Kier molecular flexibility index (Phi) is 8.36. The van der Waals surface area contributed by atoms with Gasteiger partial charge in [-0.05, 0) is 86.7 Å². The van der Waals surface area contributed by atoms with E-state index >= 15 is 0 Å². The molecule has 0 spiro atoms. The summed E-state index contributed by atoms with van der Waals surface area (Å²) in [6.45, 7) is 11.8. The predicted octanol–water partition coefficient (Wildman–Crippen LogP) is 7.72. The summed E-state index contributed by atoms with van der Waals surface area (Å²) in [7, 11) is 0. The summed E-state index contributed by atoms with van der Waals surface area (Å²) in [6, 6.07) is 17.4. The SMILES string of the molecule is C=CC1CC(CC(=O)NC(C)c2cc(Cl)cc3ccccc23)(c2ccc(F)cc2)CCN1C(=O)OC(C)(C)C. The molecule has 0 radical (unpaired) electrons. The molecule has 3 unspecified atom stereocenters. The molecule has 4 rings (SSSR count). The van der Waals surface area contributed by atoms with Gasteiger partial charge in [0.1, 0.15) is 11.4 Å². The van der Waals surface area contributed by atoms with E-state index in [1.54, 1.807) is 23.1 Å². The van der Waals surface area contributed by atoms with Crippen molar-refractivity contribution in [1.29, 1.82) is 0 Å². The van der Waals surface area contributed by atoms with E-state index < -0.39 is 17.1 Å². The van der Waals surface area contributed by atoms with Crippen molar-refractivity contribution < 1.29 is 18.7 Å². The van der Waals surface area contributed by atoms with E-state index in [-0.39, 0.29) is 30.2 Å². The van der Waals surface area contributed by atoms with E-state index in [2.05, 4.69) is 11.9 Å². The molecule has 3 atom stereocenters. The first-order valence-corrected chi connectivity index (χ1v) is 13.6. The number of carbonyl (C=O) groups excluding carboxylic acids is 2. The van der Waals surface area contributed by atoms with Gasteiger partial charge in [0.25, 0.3) is 0 Å². The fraction of sp³-hybridized carbons (Fsp3) is 0.375.